The van der Waals surface area contributed by atoms with Crippen LogP contribution in [0, 0.1) is 52.8 Å². The molecule has 3 aromatic rings. The summed E-state index contributed by atoms with van der Waals surface area (Å²) in [6.07, 6.45) is -2.17. The summed E-state index contributed by atoms with van der Waals surface area (Å²) < 4.78 is 125. The number of ether oxygens (including phenoxy) is 2. The molecule has 4 amide bonds. The van der Waals surface area contributed by atoms with E-state index in [1.165, 1.54) is 44.6 Å². The number of imide groups is 2. The zero-order valence-corrected chi connectivity index (χ0v) is 32.4. The molecule has 4 aliphatic rings. The van der Waals surface area contributed by atoms with Gasteiger partial charge in [0, 0.05) is 13.0 Å². The summed E-state index contributed by atoms with van der Waals surface area (Å²) in [4.78, 5) is 54.7. The lowest BCUT2D eigenvalue weighted by Crippen LogP contribution is -2.60. The van der Waals surface area contributed by atoms with Crippen molar-refractivity contribution in [3.05, 3.63) is 87.4 Å². The van der Waals surface area contributed by atoms with Gasteiger partial charge in [-0.1, -0.05) is 35.4 Å². The van der Waals surface area contributed by atoms with Crippen LogP contribution in [0.15, 0.2) is 42.0 Å². The number of benzene rings is 2. The maximum Gasteiger partial charge on any atom is 0.433 e. The highest BCUT2D eigenvalue weighted by atomic mass is 35.5. The summed E-state index contributed by atoms with van der Waals surface area (Å²) in [5, 5.41) is 11.3. The summed E-state index contributed by atoms with van der Waals surface area (Å²) in [5.41, 5.74) is -3.11. The number of aromatic nitrogens is 1. The van der Waals surface area contributed by atoms with Crippen molar-refractivity contribution in [2.24, 2.45) is 23.7 Å². The van der Waals surface area contributed by atoms with Crippen molar-refractivity contribution in [1.29, 1.82) is 0 Å². The highest BCUT2D eigenvalue weighted by Gasteiger charge is 2.76. The number of phenols is 1. The standard InChI is InChI=1S/C37H25Cl3F8N4O7/c1-50(30-18(38)8-9-21(49-30)37(46,47)48)52-31(54)15-6-5-14-16(22(15)32(52)55)12-35(39)33(56)51(28-26(44)24(42)23(41)25(43)27(28)45)34(57)36(35,40)17(14)7-4-13-10-19(58-2)29(53)20(11-13)59-3/h4-5,7-11,15-17,22,53H,6,12H2,1-3H3/t15-,16+,17-,22-,35+,36-/m0/s1. The number of phenolic OH excluding ortho intramolecular Hbond substituents is 1. The summed E-state index contributed by atoms with van der Waals surface area (Å²) in [6.45, 7) is 0. The summed E-state index contributed by atoms with van der Waals surface area (Å²) in [5.74, 6) is -25.2. The smallest absolute Gasteiger partial charge is 0.433 e. The van der Waals surface area contributed by atoms with Crippen LogP contribution in [-0.4, -0.2) is 69.7 Å². The average Bonchev–Trinajstić information content (AvgIpc) is 3.53. The van der Waals surface area contributed by atoms with E-state index in [2.05, 4.69) is 4.98 Å². The Morgan fingerprint density at radius 3 is 2.03 bits per heavy atom. The second kappa shape index (κ2) is 14.3. The Morgan fingerprint density at radius 1 is 0.898 bits per heavy atom. The number of fused-ring (bicyclic) bond motifs is 4. The molecule has 3 fully saturated rings. The molecule has 0 radical (unpaired) electrons. The highest BCUT2D eigenvalue weighted by molar-refractivity contribution is 6.58. The number of amides is 4. The number of carbonyl (C=O) groups excluding carboxylic acids is 4. The Bertz CT molecular complexity index is 2400. The molecule has 1 N–H and O–H groups in total. The summed E-state index contributed by atoms with van der Waals surface area (Å²) in [7, 11) is 3.50. The van der Waals surface area contributed by atoms with Crippen molar-refractivity contribution in [3.63, 3.8) is 0 Å². The first-order chi connectivity index (χ1) is 27.6. The van der Waals surface area contributed by atoms with Crippen molar-refractivity contribution >= 4 is 76.0 Å². The molecule has 22 heteroatoms. The second-order valence-corrected chi connectivity index (χ2v) is 15.5. The highest BCUT2D eigenvalue weighted by Crippen LogP contribution is 2.64. The normalized spacial score (nSPS) is 26.6. The number of allylic oxidation sites excluding steroid dienone is 3. The van der Waals surface area contributed by atoms with E-state index in [-0.39, 0.29) is 39.0 Å². The number of nitrogens with zero attached hydrogens (tertiary/aromatic N) is 4. The van der Waals surface area contributed by atoms with Gasteiger partial charge in [0.05, 0.1) is 31.1 Å². The minimum Gasteiger partial charge on any atom is -0.502 e. The first-order valence-electron chi connectivity index (χ1n) is 17.0. The molecule has 1 aromatic heterocycles. The van der Waals surface area contributed by atoms with Gasteiger partial charge in [-0.25, -0.2) is 31.8 Å². The van der Waals surface area contributed by atoms with Gasteiger partial charge in [-0.05, 0) is 48.6 Å². The first kappa shape index (κ1) is 42.0. The number of hydrogen-bond acceptors (Lipinski definition) is 9. The molecule has 3 heterocycles. The fraction of sp³-hybridized carbons (Fsp3) is 0.324. The van der Waals surface area contributed by atoms with Crippen LogP contribution in [0.3, 0.4) is 0 Å². The molecule has 2 saturated heterocycles. The Labute approximate surface area is 342 Å². The van der Waals surface area contributed by atoms with E-state index in [1.807, 2.05) is 0 Å². The van der Waals surface area contributed by atoms with Gasteiger partial charge >= 0.3 is 6.18 Å². The minimum absolute atomic E-state index is 0.0766. The van der Waals surface area contributed by atoms with Crippen LogP contribution < -0.4 is 19.4 Å². The van der Waals surface area contributed by atoms with Crippen molar-refractivity contribution in [1.82, 2.24) is 9.99 Å². The first-order valence-corrected chi connectivity index (χ1v) is 18.2. The Balaban J connectivity index is 1.38. The van der Waals surface area contributed by atoms with Crippen LogP contribution in [-0.2, 0) is 25.4 Å². The van der Waals surface area contributed by atoms with Crippen LogP contribution >= 0.6 is 34.8 Å². The number of pyridine rings is 1. The van der Waals surface area contributed by atoms with E-state index >= 15 is 8.78 Å². The number of halogens is 11. The molecule has 2 aliphatic carbocycles. The second-order valence-electron chi connectivity index (χ2n) is 13.9. The third kappa shape index (κ3) is 5.93. The molecule has 1 saturated carbocycles. The fourth-order valence-electron chi connectivity index (χ4n) is 8.22. The molecule has 312 valence electrons. The molecule has 2 aliphatic heterocycles. The minimum atomic E-state index is -4.95. The Hall–Kier alpha value is -5.14. The van der Waals surface area contributed by atoms with Gasteiger partial charge in [-0.2, -0.15) is 18.2 Å². The summed E-state index contributed by atoms with van der Waals surface area (Å²) >= 11 is 20.3. The largest absolute Gasteiger partial charge is 0.502 e. The molecule has 59 heavy (non-hydrogen) atoms. The Morgan fingerprint density at radius 2 is 1.47 bits per heavy atom. The van der Waals surface area contributed by atoms with Crippen molar-refractivity contribution in [2.75, 3.05) is 31.2 Å². The van der Waals surface area contributed by atoms with Crippen LogP contribution in [0.1, 0.15) is 24.1 Å². The van der Waals surface area contributed by atoms with E-state index in [1.54, 1.807) is 0 Å². The van der Waals surface area contributed by atoms with E-state index in [0.29, 0.717) is 16.1 Å². The predicted molar refractivity (Wildman–Crippen MR) is 192 cm³/mol. The Kier molecular flexibility index (Phi) is 10.1. The average molecular weight is 896 g/mol. The van der Waals surface area contributed by atoms with Gasteiger partial charge in [-0.15, -0.1) is 23.2 Å². The topological polar surface area (TPSA) is 130 Å². The number of rotatable bonds is 7. The van der Waals surface area contributed by atoms with E-state index in [9.17, 15) is 50.6 Å². The molecule has 0 bridgehead atoms. The molecule has 2 aromatic carbocycles. The number of carbonyl (C=O) groups is 4. The van der Waals surface area contributed by atoms with Crippen molar-refractivity contribution < 1.29 is 68.9 Å². The summed E-state index contributed by atoms with van der Waals surface area (Å²) in [6, 6.07) is 4.04. The molecule has 6 atom stereocenters. The quantitative estimate of drug-likeness (QED) is 0.0648. The molecular weight excluding hydrogens is 871 g/mol. The number of methoxy groups -OCH3 is 2. The van der Waals surface area contributed by atoms with Gasteiger partial charge in [-0.3, -0.25) is 24.2 Å². The molecule has 0 spiro atoms. The van der Waals surface area contributed by atoms with Gasteiger partial charge < -0.3 is 14.6 Å². The lowest BCUT2D eigenvalue weighted by molar-refractivity contribution is -0.141. The lowest BCUT2D eigenvalue weighted by atomic mass is 9.57. The monoisotopic (exact) mass is 894 g/mol. The third-order valence-corrected chi connectivity index (χ3v) is 12.7. The maximum absolute atomic E-state index is 15.3. The number of anilines is 2. The van der Waals surface area contributed by atoms with Gasteiger partial charge in [0.25, 0.3) is 23.6 Å². The number of hydrazine groups is 1. The SMILES string of the molecule is COc1cc(C=C[C@H]2C3=CC[C@@H]4C(=O)N(N(C)c5nc(C(F)(F)F)ccc5Cl)C(=O)[C@@H]4[C@@H]3C[C@@]3(Cl)C(=O)N(c4c(F)c(F)c(F)c(F)c4F)C(=O)[C@@]23Cl)cc(OC)c1O. The van der Waals surface area contributed by atoms with Gasteiger partial charge in [0.15, 0.2) is 50.3 Å². The molecular formula is C37H25Cl3F8N4O7. The van der Waals surface area contributed by atoms with Gasteiger partial charge in [0.2, 0.25) is 11.6 Å². The van der Waals surface area contributed by atoms with Gasteiger partial charge in [0.1, 0.15) is 11.4 Å². The maximum atomic E-state index is 15.3. The number of aromatic hydroxyl groups is 1. The van der Waals surface area contributed by atoms with Crippen LogP contribution in [0.2, 0.25) is 5.02 Å². The van der Waals surface area contributed by atoms with Crippen LogP contribution in [0.4, 0.5) is 46.6 Å². The fourth-order valence-corrected chi connectivity index (χ4v) is 9.34. The molecule has 7 rings (SSSR count). The zero-order chi connectivity index (χ0) is 43.4. The lowest BCUT2D eigenvalue weighted by Gasteiger charge is -2.49. The van der Waals surface area contributed by atoms with Crippen molar-refractivity contribution in [3.8, 4) is 17.2 Å². The molecule has 0 unspecified atom stereocenters. The third-order valence-electron chi connectivity index (χ3n) is 11.0. The van der Waals surface area contributed by atoms with Crippen LogP contribution in [0.5, 0.6) is 17.2 Å². The van der Waals surface area contributed by atoms with E-state index in [4.69, 9.17) is 44.3 Å². The van der Waals surface area contributed by atoms with Crippen molar-refractivity contribution in [2.45, 2.75) is 28.8 Å². The number of alkyl halides is 5. The van der Waals surface area contributed by atoms with E-state index in [0.717, 1.165) is 13.1 Å². The van der Waals surface area contributed by atoms with Crippen LogP contribution in [0.25, 0.3) is 6.08 Å². The zero-order valence-electron chi connectivity index (χ0n) is 30.1. The molecule has 11 nitrogen and oxygen atoms in total. The predicted octanol–water partition coefficient (Wildman–Crippen LogP) is 7.33. The number of hydrogen-bond donors (Lipinski definition) is 1. The van der Waals surface area contributed by atoms with E-state index < -0.39 is 122 Å².